The molecule has 211 valence electrons. The van der Waals surface area contributed by atoms with Gasteiger partial charge in [-0.2, -0.15) is 5.26 Å². The minimum Gasteiger partial charge on any atom is -0.500 e. The van der Waals surface area contributed by atoms with E-state index in [1.54, 1.807) is 24.4 Å². The molecule has 0 saturated heterocycles. The average Bonchev–Trinajstić information content (AvgIpc) is 3.50. The van der Waals surface area contributed by atoms with Gasteiger partial charge in [-0.1, -0.05) is 84.8 Å². The fourth-order valence-corrected chi connectivity index (χ4v) is 4.78. The number of hydrogen-bond donors (Lipinski definition) is 0. The van der Waals surface area contributed by atoms with E-state index in [4.69, 9.17) is 14.0 Å². The average molecular weight is 741 g/mol. The van der Waals surface area contributed by atoms with Gasteiger partial charge in [-0.3, -0.25) is 0 Å². The summed E-state index contributed by atoms with van der Waals surface area (Å²) in [5.41, 5.74) is 5.18. The van der Waals surface area contributed by atoms with Gasteiger partial charge >= 0.3 is 0 Å². The van der Waals surface area contributed by atoms with E-state index >= 15 is 0 Å². The molecule has 7 rings (SSSR count). The molecule has 0 bridgehead atoms. The summed E-state index contributed by atoms with van der Waals surface area (Å²) in [7, 11) is 0. The van der Waals surface area contributed by atoms with Gasteiger partial charge in [0.25, 0.3) is 0 Å². The number of benzene rings is 4. The van der Waals surface area contributed by atoms with Gasteiger partial charge in [0.1, 0.15) is 5.58 Å². The maximum absolute atomic E-state index is 9.77. The van der Waals surface area contributed by atoms with Crippen LogP contribution < -0.4 is 0 Å². The number of hydrogen-bond acceptors (Lipinski definition) is 4. The van der Waals surface area contributed by atoms with Crippen molar-refractivity contribution in [2.45, 2.75) is 19.6 Å². The monoisotopic (exact) mass is 741 g/mol. The molecule has 43 heavy (non-hydrogen) atoms. The fourth-order valence-electron chi connectivity index (χ4n) is 4.78. The van der Waals surface area contributed by atoms with Crippen molar-refractivity contribution in [1.29, 1.82) is 5.26 Å². The Morgan fingerprint density at radius 2 is 1.58 bits per heavy atom. The van der Waals surface area contributed by atoms with E-state index in [9.17, 15) is 5.26 Å². The van der Waals surface area contributed by atoms with Gasteiger partial charge in [-0.25, -0.2) is 0 Å². The Kier molecular flexibility index (Phi) is 6.78. The van der Waals surface area contributed by atoms with Crippen LogP contribution in [-0.2, 0) is 20.1 Å². The van der Waals surface area contributed by atoms with E-state index in [1.807, 2.05) is 78.9 Å². The van der Waals surface area contributed by atoms with Crippen LogP contribution in [0, 0.1) is 23.5 Å². The van der Waals surface area contributed by atoms with Gasteiger partial charge in [-0.05, 0) is 41.0 Å². The van der Waals surface area contributed by atoms with E-state index < -0.39 is 19.6 Å². The third-order valence-electron chi connectivity index (χ3n) is 6.74. The van der Waals surface area contributed by atoms with E-state index in [0.717, 1.165) is 27.6 Å². The zero-order valence-electron chi connectivity index (χ0n) is 29.6. The maximum Gasteiger partial charge on any atom is 0.130 e. The molecule has 0 aliphatic carbocycles. The van der Waals surface area contributed by atoms with Crippen LogP contribution >= 0.6 is 0 Å². The smallest absolute Gasteiger partial charge is 0.130 e. The van der Waals surface area contributed by atoms with Crippen LogP contribution in [0.15, 0.2) is 126 Å². The number of aromatic nitrogens is 2. The van der Waals surface area contributed by atoms with Crippen molar-refractivity contribution in [3.8, 4) is 39.7 Å². The quantitative estimate of drug-likeness (QED) is 0.169. The summed E-state index contributed by atoms with van der Waals surface area (Å²) in [5.74, 6) is -2.86. The van der Waals surface area contributed by atoms with Crippen molar-refractivity contribution in [2.75, 3.05) is 0 Å². The molecule has 0 fully saturated rings. The molecular formula is C38H27IrN3O-2. The Hall–Kier alpha value is -4.88. The summed E-state index contributed by atoms with van der Waals surface area (Å²) < 4.78 is 61.7. The minimum atomic E-state index is -3.12. The summed E-state index contributed by atoms with van der Waals surface area (Å²) in [6.07, 6.45) is 3.07. The van der Waals surface area contributed by atoms with Gasteiger partial charge in [0.15, 0.2) is 0 Å². The largest absolute Gasteiger partial charge is 0.500 e. The first kappa shape index (κ1) is 21.8. The standard InChI is InChI=1S/C27H19N2O.C11H8N.Ir/c1-17(2)19-13-14-29-24(15-19)23-10-6-9-21-22-12-11-20(16-28)25(27(22)30-26(21)23)18-7-4-3-5-8-18;1-2-6-10(7-3-1)11-8-4-5-9-12-11;/h3-9,11-15,17H,1-2H3;1-6,8-9H;/q2*-1;/i1D3,2D3,17D;;. The predicted octanol–water partition coefficient (Wildman–Crippen LogP) is 9.66. The second-order valence-corrected chi connectivity index (χ2v) is 9.34. The predicted molar refractivity (Wildman–Crippen MR) is 169 cm³/mol. The fraction of sp³-hybridized carbons (Fsp3) is 0.0789. The molecular weight excluding hydrogens is 707 g/mol. The first-order chi connectivity index (χ1) is 23.4. The summed E-state index contributed by atoms with van der Waals surface area (Å²) in [5, 5.41) is 11.3. The molecule has 0 spiro atoms. The summed E-state index contributed by atoms with van der Waals surface area (Å²) in [6.45, 7) is -6.24. The molecule has 5 heteroatoms. The second-order valence-electron chi connectivity index (χ2n) is 9.34. The third-order valence-corrected chi connectivity index (χ3v) is 6.74. The Morgan fingerprint density at radius 3 is 2.33 bits per heavy atom. The number of rotatable bonds is 4. The van der Waals surface area contributed by atoms with Gasteiger partial charge < -0.3 is 14.4 Å². The van der Waals surface area contributed by atoms with Crippen molar-refractivity contribution in [2.24, 2.45) is 0 Å². The Bertz CT molecular complexity index is 2230. The summed E-state index contributed by atoms with van der Waals surface area (Å²) in [6, 6.07) is 41.1. The van der Waals surface area contributed by atoms with Gasteiger partial charge in [0.2, 0.25) is 0 Å². The maximum atomic E-state index is 9.77. The van der Waals surface area contributed by atoms with E-state index in [1.165, 1.54) is 18.3 Å². The zero-order valence-corrected chi connectivity index (χ0v) is 25.0. The van der Waals surface area contributed by atoms with Gasteiger partial charge in [0.05, 0.1) is 17.2 Å². The molecule has 7 aromatic rings. The van der Waals surface area contributed by atoms with Crippen molar-refractivity contribution in [3.63, 3.8) is 0 Å². The molecule has 0 aliphatic heterocycles. The number of nitrogens with zero attached hydrogens (tertiary/aromatic N) is 3. The Labute approximate surface area is 274 Å². The van der Waals surface area contributed by atoms with Crippen molar-refractivity contribution >= 4 is 21.9 Å². The normalized spacial score (nSPS) is 13.8. The summed E-state index contributed by atoms with van der Waals surface area (Å²) in [4.78, 5) is 8.55. The van der Waals surface area contributed by atoms with Crippen LogP contribution in [0.2, 0.25) is 0 Å². The minimum absolute atomic E-state index is 0. The van der Waals surface area contributed by atoms with E-state index in [-0.39, 0.29) is 31.4 Å². The molecule has 1 radical (unpaired) electrons. The van der Waals surface area contributed by atoms with Crippen LogP contribution in [-0.4, -0.2) is 9.97 Å². The molecule has 0 unspecified atom stereocenters. The second kappa shape index (κ2) is 13.4. The molecule has 0 aliphatic rings. The Balaban J connectivity index is 0.000000315. The topological polar surface area (TPSA) is 62.7 Å². The van der Waals surface area contributed by atoms with Crippen molar-refractivity contribution in [1.82, 2.24) is 9.97 Å². The molecule has 3 heterocycles. The zero-order chi connectivity index (χ0) is 34.8. The number of pyridine rings is 2. The van der Waals surface area contributed by atoms with Gasteiger partial charge in [0, 0.05) is 53.0 Å². The Morgan fingerprint density at radius 1 is 0.791 bits per heavy atom. The molecule has 0 atom stereocenters. The van der Waals surface area contributed by atoms with Crippen LogP contribution in [0.3, 0.4) is 0 Å². The van der Waals surface area contributed by atoms with Crippen molar-refractivity contribution < 1.29 is 34.1 Å². The van der Waals surface area contributed by atoms with Crippen LogP contribution in [0.5, 0.6) is 0 Å². The third kappa shape index (κ3) is 6.17. The van der Waals surface area contributed by atoms with Crippen molar-refractivity contribution in [3.05, 3.63) is 145 Å². The first-order valence-corrected chi connectivity index (χ1v) is 13.1. The summed E-state index contributed by atoms with van der Waals surface area (Å²) >= 11 is 0. The van der Waals surface area contributed by atoms with Crippen LogP contribution in [0.25, 0.3) is 55.6 Å². The van der Waals surface area contributed by atoms with Crippen LogP contribution in [0.4, 0.5) is 0 Å². The molecule has 3 aromatic heterocycles. The number of furan rings is 1. The molecule has 0 saturated carbocycles. The van der Waals surface area contributed by atoms with Gasteiger partial charge in [-0.15, -0.1) is 54.1 Å². The first-order valence-electron chi connectivity index (χ1n) is 16.6. The SMILES string of the molecule is [2H]C([2H])([2H])C([2H])(c1ccnc(-c2[c-]ccc3c2oc2c(-c4ccccc4)c(C#N)ccc23)c1)C([2H])([2H])[2H].[Ir].[c-]1ccccc1-c1ccccn1. The molecule has 0 N–H and O–H groups in total. The molecule has 0 amide bonds. The van der Waals surface area contributed by atoms with E-state index in [0.29, 0.717) is 27.9 Å². The van der Waals surface area contributed by atoms with E-state index in [2.05, 4.69) is 28.2 Å². The number of nitriles is 1. The number of fused-ring (bicyclic) bond motifs is 3. The van der Waals surface area contributed by atoms with Crippen LogP contribution in [0.1, 0.15) is 40.3 Å². The molecule has 4 nitrogen and oxygen atoms in total. The molecule has 4 aromatic carbocycles.